The first kappa shape index (κ1) is 18.7. The van der Waals surface area contributed by atoms with E-state index in [1.54, 1.807) is 23.0 Å². The zero-order valence-corrected chi connectivity index (χ0v) is 14.5. The summed E-state index contributed by atoms with van der Waals surface area (Å²) < 4.78 is 32.6. The first-order valence-electron chi connectivity index (χ1n) is 8.24. The Morgan fingerprint density at radius 3 is 2.89 bits per heavy atom. The van der Waals surface area contributed by atoms with Gasteiger partial charge in [0, 0.05) is 30.8 Å². The van der Waals surface area contributed by atoms with Crippen LogP contribution in [-0.4, -0.2) is 39.5 Å². The van der Waals surface area contributed by atoms with Crippen molar-refractivity contribution < 1.29 is 23.4 Å². The van der Waals surface area contributed by atoms with Crippen LogP contribution in [0.3, 0.4) is 0 Å². The molecule has 0 fully saturated rings. The number of pyridine rings is 1. The molecule has 0 atom stereocenters. The first-order valence-corrected chi connectivity index (χ1v) is 8.24. The minimum Gasteiger partial charge on any atom is -0.494 e. The molecule has 1 aromatic carbocycles. The van der Waals surface area contributed by atoms with Crippen molar-refractivity contribution in [1.82, 2.24) is 14.8 Å². The number of hydrogen-bond donors (Lipinski definition) is 2. The number of amides is 1. The number of aryl methyl sites for hydroxylation is 1. The summed E-state index contributed by atoms with van der Waals surface area (Å²) in [5.74, 6) is -0.240. The van der Waals surface area contributed by atoms with Crippen LogP contribution in [-0.2, 0) is 6.54 Å². The van der Waals surface area contributed by atoms with Gasteiger partial charge >= 0.3 is 0 Å². The lowest BCUT2D eigenvalue weighted by Gasteiger charge is -2.10. The molecule has 0 radical (unpaired) electrons. The Morgan fingerprint density at radius 2 is 2.19 bits per heavy atom. The van der Waals surface area contributed by atoms with Gasteiger partial charge in [-0.3, -0.25) is 9.48 Å². The molecule has 0 aliphatic carbocycles. The molecule has 0 unspecified atom stereocenters. The lowest BCUT2D eigenvalue weighted by atomic mass is 10.2. The number of aliphatic hydroxyl groups is 1. The highest BCUT2D eigenvalue weighted by molar-refractivity contribution is 6.05. The second-order valence-corrected chi connectivity index (χ2v) is 5.78. The highest BCUT2D eigenvalue weighted by Crippen LogP contribution is 2.30. The average Bonchev–Trinajstić information content (AvgIpc) is 3.07. The van der Waals surface area contributed by atoms with Gasteiger partial charge < -0.3 is 15.2 Å². The van der Waals surface area contributed by atoms with Crippen LogP contribution in [0.5, 0.6) is 5.75 Å². The highest BCUT2D eigenvalue weighted by Gasteiger charge is 2.16. The molecule has 7 nitrogen and oxygen atoms in total. The van der Waals surface area contributed by atoms with Gasteiger partial charge in [-0.1, -0.05) is 6.07 Å². The van der Waals surface area contributed by atoms with Gasteiger partial charge in [-0.05, 0) is 24.6 Å². The molecular weight excluding hydrogens is 358 g/mol. The number of carbonyl (C=O) groups excluding carboxylic acids is 1. The molecule has 0 bridgehead atoms. The van der Waals surface area contributed by atoms with Gasteiger partial charge in [0.05, 0.1) is 18.3 Å². The van der Waals surface area contributed by atoms with E-state index in [0.29, 0.717) is 29.9 Å². The number of anilines is 1. The third-order valence-electron chi connectivity index (χ3n) is 3.89. The van der Waals surface area contributed by atoms with Crippen LogP contribution in [0.25, 0.3) is 10.9 Å². The van der Waals surface area contributed by atoms with E-state index in [0.717, 1.165) is 11.5 Å². The Labute approximate surface area is 153 Å². The summed E-state index contributed by atoms with van der Waals surface area (Å²) in [4.78, 5) is 16.1. The van der Waals surface area contributed by atoms with Crippen LogP contribution in [0.4, 0.5) is 14.5 Å². The molecule has 9 heteroatoms. The van der Waals surface area contributed by atoms with Crippen LogP contribution in [0.2, 0.25) is 0 Å². The van der Waals surface area contributed by atoms with Crippen molar-refractivity contribution in [1.29, 1.82) is 0 Å². The van der Waals surface area contributed by atoms with Crippen molar-refractivity contribution in [2.45, 2.75) is 19.4 Å². The fourth-order valence-corrected chi connectivity index (χ4v) is 2.60. The summed E-state index contributed by atoms with van der Waals surface area (Å²) in [6.07, 6.45) is -0.398. The van der Waals surface area contributed by atoms with Crippen molar-refractivity contribution in [3.05, 3.63) is 47.9 Å². The molecule has 2 aromatic heterocycles. The summed E-state index contributed by atoms with van der Waals surface area (Å²) in [5, 5.41) is 16.7. The number of halogens is 2. The van der Waals surface area contributed by atoms with Crippen LogP contribution in [0.1, 0.15) is 29.0 Å². The van der Waals surface area contributed by atoms with Crippen molar-refractivity contribution in [3.8, 4) is 5.75 Å². The van der Waals surface area contributed by atoms with Gasteiger partial charge in [0.1, 0.15) is 17.1 Å². The molecule has 0 saturated carbocycles. The standard InChI is InChI=1S/C18H18F2N4O3/c1-27-16-9-14-11(10-24(23-14)6-3-7-25)8-15(16)22-18(26)13-5-2-4-12(21-13)17(19)20/h2,4-5,8-10,17,25H,3,6-7H2,1H3,(H,22,26). The number of methoxy groups -OCH3 is 1. The number of nitrogens with zero attached hydrogens (tertiary/aromatic N) is 3. The summed E-state index contributed by atoms with van der Waals surface area (Å²) in [6.45, 7) is 0.616. The van der Waals surface area contributed by atoms with E-state index >= 15 is 0 Å². The first-order chi connectivity index (χ1) is 13.0. The van der Waals surface area contributed by atoms with E-state index in [4.69, 9.17) is 9.84 Å². The van der Waals surface area contributed by atoms with Crippen LogP contribution >= 0.6 is 0 Å². The Morgan fingerprint density at radius 1 is 1.37 bits per heavy atom. The number of alkyl halides is 2. The number of fused-ring (bicyclic) bond motifs is 1. The van der Waals surface area contributed by atoms with E-state index in [-0.39, 0.29) is 12.3 Å². The molecule has 0 spiro atoms. The van der Waals surface area contributed by atoms with E-state index in [9.17, 15) is 13.6 Å². The fourth-order valence-electron chi connectivity index (χ4n) is 2.60. The van der Waals surface area contributed by atoms with Crippen molar-refractivity contribution in [3.63, 3.8) is 0 Å². The van der Waals surface area contributed by atoms with Gasteiger partial charge in [-0.2, -0.15) is 5.10 Å². The lowest BCUT2D eigenvalue weighted by Crippen LogP contribution is -2.15. The number of ether oxygens (including phenoxy) is 1. The SMILES string of the molecule is COc1cc2nn(CCCO)cc2cc1NC(=O)c1cccc(C(F)F)n1. The van der Waals surface area contributed by atoms with Crippen molar-refractivity contribution in [2.75, 3.05) is 19.0 Å². The predicted octanol–water partition coefficient (Wildman–Crippen LogP) is 3.01. The summed E-state index contributed by atoms with van der Waals surface area (Å²) in [6, 6.07) is 7.23. The normalized spacial score (nSPS) is 11.1. The second-order valence-electron chi connectivity index (χ2n) is 5.78. The number of rotatable bonds is 7. The highest BCUT2D eigenvalue weighted by atomic mass is 19.3. The van der Waals surface area contributed by atoms with Gasteiger partial charge in [0.2, 0.25) is 0 Å². The maximum atomic E-state index is 12.8. The lowest BCUT2D eigenvalue weighted by molar-refractivity contribution is 0.101. The molecule has 0 aliphatic rings. The van der Waals surface area contributed by atoms with E-state index < -0.39 is 18.0 Å². The topological polar surface area (TPSA) is 89.3 Å². The number of nitrogens with one attached hydrogen (secondary N) is 1. The molecule has 142 valence electrons. The molecule has 2 heterocycles. The molecule has 3 aromatic rings. The smallest absolute Gasteiger partial charge is 0.280 e. The predicted molar refractivity (Wildman–Crippen MR) is 95.1 cm³/mol. The molecule has 0 aliphatic heterocycles. The van der Waals surface area contributed by atoms with Crippen LogP contribution in [0, 0.1) is 0 Å². The zero-order chi connectivity index (χ0) is 19.4. The molecule has 27 heavy (non-hydrogen) atoms. The van der Waals surface area contributed by atoms with E-state index in [1.807, 2.05) is 0 Å². The van der Waals surface area contributed by atoms with Crippen molar-refractivity contribution >= 4 is 22.5 Å². The maximum absolute atomic E-state index is 12.8. The number of carbonyl (C=O) groups is 1. The molecule has 3 rings (SSSR count). The van der Waals surface area contributed by atoms with E-state index in [2.05, 4.69) is 15.4 Å². The molecule has 2 N–H and O–H groups in total. The summed E-state index contributed by atoms with van der Waals surface area (Å²) in [7, 11) is 1.45. The van der Waals surface area contributed by atoms with E-state index in [1.165, 1.54) is 19.2 Å². The summed E-state index contributed by atoms with van der Waals surface area (Å²) in [5.41, 5.74) is 0.463. The third kappa shape index (κ3) is 4.20. The molecular formula is C18H18F2N4O3. The second kappa shape index (κ2) is 8.09. The quantitative estimate of drug-likeness (QED) is 0.662. The monoisotopic (exact) mass is 376 g/mol. The average molecular weight is 376 g/mol. The Hall–Kier alpha value is -3.07. The molecule has 1 amide bonds. The Balaban J connectivity index is 1.88. The minimum atomic E-state index is -2.76. The van der Waals surface area contributed by atoms with Crippen molar-refractivity contribution in [2.24, 2.45) is 0 Å². The molecule has 0 saturated heterocycles. The van der Waals surface area contributed by atoms with Gasteiger partial charge in [-0.25, -0.2) is 13.8 Å². The minimum absolute atomic E-state index is 0.0610. The number of benzene rings is 1. The summed E-state index contributed by atoms with van der Waals surface area (Å²) >= 11 is 0. The van der Waals surface area contributed by atoms with Gasteiger partial charge in [-0.15, -0.1) is 0 Å². The zero-order valence-electron chi connectivity index (χ0n) is 14.5. The Bertz CT molecular complexity index is 959. The maximum Gasteiger partial charge on any atom is 0.280 e. The van der Waals surface area contributed by atoms with Gasteiger partial charge in [0.15, 0.2) is 0 Å². The third-order valence-corrected chi connectivity index (χ3v) is 3.89. The number of aromatic nitrogens is 3. The van der Waals surface area contributed by atoms with Gasteiger partial charge in [0.25, 0.3) is 12.3 Å². The van der Waals surface area contributed by atoms with Crippen LogP contribution < -0.4 is 10.1 Å². The largest absolute Gasteiger partial charge is 0.494 e. The number of hydrogen-bond acceptors (Lipinski definition) is 5. The van der Waals surface area contributed by atoms with Crippen LogP contribution in [0.15, 0.2) is 36.5 Å². The Kier molecular flexibility index (Phi) is 5.60. The fraction of sp³-hybridized carbons (Fsp3) is 0.278. The number of aliphatic hydroxyl groups excluding tert-OH is 1.